The van der Waals surface area contributed by atoms with Crippen molar-refractivity contribution in [1.29, 1.82) is 0 Å². The number of rotatable bonds is 2. The smallest absolute Gasteiger partial charge is 0.238 e. The molecular weight excluding hydrogens is 286 g/mol. The molecule has 0 aromatic heterocycles. The lowest BCUT2D eigenvalue weighted by molar-refractivity contribution is -0.131. The summed E-state index contributed by atoms with van der Waals surface area (Å²) in [7, 11) is 1.52. The quantitative estimate of drug-likeness (QED) is 0.778. The molecule has 1 aromatic carbocycles. The number of anilines is 1. The molecule has 2 aliphatic carbocycles. The Morgan fingerprint density at radius 2 is 1.77 bits per heavy atom. The lowest BCUT2D eigenvalue weighted by Gasteiger charge is -2.31. The van der Waals surface area contributed by atoms with Crippen LogP contribution in [0.4, 0.5) is 5.69 Å². The number of ether oxygens (including phenoxy) is 1. The number of imide groups is 1. The second kappa shape index (κ2) is 4.54. The third kappa shape index (κ3) is 1.51. The van der Waals surface area contributed by atoms with E-state index in [1.807, 2.05) is 0 Å². The molecular formula is C16H17NO5. The first kappa shape index (κ1) is 13.7. The van der Waals surface area contributed by atoms with Crippen molar-refractivity contribution in [2.24, 2.45) is 23.7 Å². The Morgan fingerprint density at radius 1 is 1.14 bits per heavy atom. The van der Waals surface area contributed by atoms with Crippen LogP contribution in [0, 0.1) is 23.7 Å². The highest BCUT2D eigenvalue weighted by Crippen LogP contribution is 2.57. The maximum absolute atomic E-state index is 12.8. The van der Waals surface area contributed by atoms with Gasteiger partial charge in [0.1, 0.15) is 5.75 Å². The van der Waals surface area contributed by atoms with Gasteiger partial charge in [0, 0.05) is 18.9 Å². The monoisotopic (exact) mass is 303 g/mol. The molecule has 6 atom stereocenters. The van der Waals surface area contributed by atoms with Gasteiger partial charge in [-0.3, -0.25) is 9.59 Å². The number of benzene rings is 1. The van der Waals surface area contributed by atoms with Crippen LogP contribution in [0.3, 0.4) is 0 Å². The van der Waals surface area contributed by atoms with Gasteiger partial charge in [0.2, 0.25) is 11.8 Å². The Hall–Kier alpha value is -1.92. The minimum atomic E-state index is -0.711. The Bertz CT molecular complexity index is 660. The Labute approximate surface area is 127 Å². The van der Waals surface area contributed by atoms with Gasteiger partial charge in [-0.2, -0.15) is 0 Å². The molecule has 4 rings (SSSR count). The van der Waals surface area contributed by atoms with Gasteiger partial charge in [-0.15, -0.1) is 0 Å². The topological polar surface area (TPSA) is 87.1 Å². The standard InChI is InChI=1S/C16H17NO5/c1-22-14-8-6-7(13(14)19)11-12(8)16(21)17(15(11)20)9-4-2-3-5-10(9)18/h2-5,7-8,11-14,18-19H,6H2,1H3/t7-,8-,11-,12-,13+,14+/m1/s1. The van der Waals surface area contributed by atoms with Crippen molar-refractivity contribution in [3.05, 3.63) is 24.3 Å². The predicted molar refractivity (Wildman–Crippen MR) is 76.0 cm³/mol. The van der Waals surface area contributed by atoms with E-state index in [9.17, 15) is 19.8 Å². The van der Waals surface area contributed by atoms with E-state index >= 15 is 0 Å². The second-order valence-electron chi connectivity index (χ2n) is 6.31. The normalized spacial score (nSPS) is 39.6. The Morgan fingerprint density at radius 3 is 2.41 bits per heavy atom. The number of aliphatic hydroxyl groups is 1. The minimum Gasteiger partial charge on any atom is -0.506 e. The van der Waals surface area contributed by atoms with Crippen LogP contribution in [0.25, 0.3) is 0 Å². The summed E-state index contributed by atoms with van der Waals surface area (Å²) in [6, 6.07) is 6.31. The van der Waals surface area contributed by atoms with Crippen molar-refractivity contribution < 1.29 is 24.5 Å². The summed E-state index contributed by atoms with van der Waals surface area (Å²) in [6.07, 6.45) is -0.467. The second-order valence-corrected chi connectivity index (χ2v) is 6.31. The van der Waals surface area contributed by atoms with E-state index in [4.69, 9.17) is 4.74 Å². The molecule has 3 aliphatic rings. The molecule has 2 bridgehead atoms. The van der Waals surface area contributed by atoms with Crippen molar-refractivity contribution in [3.63, 3.8) is 0 Å². The van der Waals surface area contributed by atoms with Crippen LogP contribution >= 0.6 is 0 Å². The van der Waals surface area contributed by atoms with Gasteiger partial charge in [0.05, 0.1) is 29.7 Å². The fourth-order valence-corrected chi connectivity index (χ4v) is 4.61. The lowest BCUT2D eigenvalue weighted by Crippen LogP contribution is -2.44. The highest BCUT2D eigenvalue weighted by Gasteiger charge is 2.67. The number of phenolic OH excluding ortho intramolecular Hbond substituents is 1. The fraction of sp³-hybridized carbons (Fsp3) is 0.500. The molecule has 116 valence electrons. The lowest BCUT2D eigenvalue weighted by atomic mass is 9.78. The van der Waals surface area contributed by atoms with Crippen LogP contribution in [-0.2, 0) is 14.3 Å². The van der Waals surface area contributed by atoms with Crippen molar-refractivity contribution in [2.45, 2.75) is 18.6 Å². The number of methoxy groups -OCH3 is 1. The summed E-state index contributed by atoms with van der Waals surface area (Å²) < 4.78 is 5.33. The van der Waals surface area contributed by atoms with Crippen LogP contribution in [0.2, 0.25) is 0 Å². The number of carbonyl (C=O) groups excluding carboxylic acids is 2. The van der Waals surface area contributed by atoms with Crippen molar-refractivity contribution in [3.8, 4) is 5.75 Å². The maximum atomic E-state index is 12.8. The summed E-state index contributed by atoms with van der Waals surface area (Å²) in [4.78, 5) is 26.6. The zero-order chi connectivity index (χ0) is 15.6. The van der Waals surface area contributed by atoms with Crippen LogP contribution in [0.5, 0.6) is 5.75 Å². The number of nitrogens with zero attached hydrogens (tertiary/aromatic N) is 1. The Kier molecular flexibility index (Phi) is 2.83. The van der Waals surface area contributed by atoms with Gasteiger partial charge < -0.3 is 14.9 Å². The molecule has 2 saturated carbocycles. The molecule has 0 radical (unpaired) electrons. The molecule has 6 heteroatoms. The van der Waals surface area contributed by atoms with Crippen LogP contribution in [0.15, 0.2) is 24.3 Å². The average Bonchev–Trinajstić information content (AvgIpc) is 3.11. The molecule has 22 heavy (non-hydrogen) atoms. The van der Waals surface area contributed by atoms with E-state index in [1.54, 1.807) is 18.2 Å². The van der Waals surface area contributed by atoms with Gasteiger partial charge in [0.15, 0.2) is 0 Å². The summed E-state index contributed by atoms with van der Waals surface area (Å²) in [6.45, 7) is 0. The van der Waals surface area contributed by atoms with Gasteiger partial charge in [-0.25, -0.2) is 4.90 Å². The van der Waals surface area contributed by atoms with Gasteiger partial charge in [-0.1, -0.05) is 12.1 Å². The number of fused-ring (bicyclic) bond motifs is 5. The molecule has 2 amide bonds. The number of aliphatic hydroxyl groups excluding tert-OH is 1. The van der Waals surface area contributed by atoms with Gasteiger partial charge in [-0.05, 0) is 18.6 Å². The van der Waals surface area contributed by atoms with E-state index in [0.29, 0.717) is 6.42 Å². The molecule has 1 saturated heterocycles. The fourth-order valence-electron chi connectivity index (χ4n) is 4.61. The average molecular weight is 303 g/mol. The zero-order valence-electron chi connectivity index (χ0n) is 12.0. The summed E-state index contributed by atoms with van der Waals surface area (Å²) in [5.74, 6) is -2.05. The number of amides is 2. The minimum absolute atomic E-state index is 0.0969. The molecule has 1 heterocycles. The molecule has 6 nitrogen and oxygen atoms in total. The first-order valence-electron chi connectivity index (χ1n) is 7.43. The van der Waals surface area contributed by atoms with E-state index in [0.717, 1.165) is 4.90 Å². The summed E-state index contributed by atoms with van der Waals surface area (Å²) in [5.41, 5.74) is 0.217. The number of carbonyl (C=O) groups is 2. The first-order chi connectivity index (χ1) is 10.6. The zero-order valence-corrected chi connectivity index (χ0v) is 12.0. The number of para-hydroxylation sites is 2. The number of phenols is 1. The van der Waals surface area contributed by atoms with Gasteiger partial charge in [0.25, 0.3) is 0 Å². The molecule has 1 aromatic rings. The SMILES string of the molecule is CO[C@@H]1[C@@H](O)[C@@H]2C[C@@H]1[C@H]1C(=O)N(c3ccccc3O)C(=O)[C@H]21. The van der Waals surface area contributed by atoms with E-state index < -0.39 is 24.0 Å². The van der Waals surface area contributed by atoms with E-state index in [1.165, 1.54) is 13.2 Å². The molecule has 2 N–H and O–H groups in total. The summed E-state index contributed by atoms with van der Waals surface area (Å²) >= 11 is 0. The van der Waals surface area contributed by atoms with E-state index in [2.05, 4.69) is 0 Å². The highest BCUT2D eigenvalue weighted by atomic mass is 16.5. The third-order valence-electron chi connectivity index (χ3n) is 5.46. The van der Waals surface area contributed by atoms with Crippen LogP contribution in [0.1, 0.15) is 6.42 Å². The van der Waals surface area contributed by atoms with Crippen molar-refractivity contribution >= 4 is 17.5 Å². The number of hydrogen-bond acceptors (Lipinski definition) is 5. The van der Waals surface area contributed by atoms with Crippen molar-refractivity contribution in [1.82, 2.24) is 0 Å². The van der Waals surface area contributed by atoms with Crippen LogP contribution in [-0.4, -0.2) is 41.3 Å². The van der Waals surface area contributed by atoms with Gasteiger partial charge >= 0.3 is 0 Å². The first-order valence-corrected chi connectivity index (χ1v) is 7.43. The van der Waals surface area contributed by atoms with E-state index in [-0.39, 0.29) is 35.1 Å². The predicted octanol–water partition coefficient (Wildman–Crippen LogP) is 0.523. The summed E-state index contributed by atoms with van der Waals surface area (Å²) in [5, 5.41) is 20.2. The molecule has 0 unspecified atom stereocenters. The Balaban J connectivity index is 1.75. The molecule has 1 aliphatic heterocycles. The molecule has 0 spiro atoms. The maximum Gasteiger partial charge on any atom is 0.238 e. The van der Waals surface area contributed by atoms with Crippen LogP contribution < -0.4 is 4.90 Å². The third-order valence-corrected chi connectivity index (χ3v) is 5.46. The highest BCUT2D eigenvalue weighted by molar-refractivity contribution is 6.23. The largest absolute Gasteiger partial charge is 0.506 e. The molecule has 3 fully saturated rings. The number of hydrogen-bond donors (Lipinski definition) is 2. The number of aromatic hydroxyl groups is 1. The van der Waals surface area contributed by atoms with Crippen molar-refractivity contribution in [2.75, 3.05) is 12.0 Å².